The van der Waals surface area contributed by atoms with Crippen molar-refractivity contribution in [2.75, 3.05) is 0 Å². The van der Waals surface area contributed by atoms with Crippen molar-refractivity contribution in [3.8, 4) is 0 Å². The summed E-state index contributed by atoms with van der Waals surface area (Å²) in [5, 5.41) is 5.89. The third-order valence-corrected chi connectivity index (χ3v) is 3.86. The highest BCUT2D eigenvalue weighted by atomic mass is 32.1. The molecule has 0 unspecified atom stereocenters. The standard InChI is InChI=1S/C14H15N3S/c1-10-7-17-14(18-10)9-15-8-11-3-2-4-13-12(11)5-6-16-13/h2-7,15-16H,8-9H2,1H3. The van der Waals surface area contributed by atoms with Crippen molar-refractivity contribution in [3.05, 3.63) is 52.1 Å². The third-order valence-electron chi connectivity index (χ3n) is 2.95. The maximum absolute atomic E-state index is 4.35. The average molecular weight is 257 g/mol. The molecule has 4 heteroatoms. The van der Waals surface area contributed by atoms with Crippen LogP contribution in [-0.2, 0) is 13.1 Å². The van der Waals surface area contributed by atoms with Crippen LogP contribution in [0.2, 0.25) is 0 Å². The molecule has 3 rings (SSSR count). The zero-order valence-electron chi connectivity index (χ0n) is 10.2. The summed E-state index contributed by atoms with van der Waals surface area (Å²) in [5.41, 5.74) is 2.52. The first-order chi connectivity index (χ1) is 8.83. The second-order valence-electron chi connectivity index (χ2n) is 4.32. The number of hydrogen-bond donors (Lipinski definition) is 2. The number of aromatic nitrogens is 2. The molecule has 0 aliphatic heterocycles. The molecule has 0 spiro atoms. The number of thiazole rings is 1. The summed E-state index contributed by atoms with van der Waals surface area (Å²) in [7, 11) is 0. The minimum Gasteiger partial charge on any atom is -0.361 e. The number of nitrogens with one attached hydrogen (secondary N) is 2. The fourth-order valence-electron chi connectivity index (χ4n) is 2.09. The predicted octanol–water partition coefficient (Wildman–Crippen LogP) is 3.22. The van der Waals surface area contributed by atoms with Gasteiger partial charge in [-0.2, -0.15) is 0 Å². The van der Waals surface area contributed by atoms with E-state index in [1.54, 1.807) is 11.3 Å². The normalized spacial score (nSPS) is 11.2. The first-order valence-electron chi connectivity index (χ1n) is 6.00. The summed E-state index contributed by atoms with van der Waals surface area (Å²) in [6.45, 7) is 3.79. The predicted molar refractivity (Wildman–Crippen MR) is 75.7 cm³/mol. The van der Waals surface area contributed by atoms with Gasteiger partial charge in [-0.15, -0.1) is 11.3 Å². The highest BCUT2D eigenvalue weighted by Gasteiger charge is 2.02. The molecule has 0 amide bonds. The van der Waals surface area contributed by atoms with Crippen LogP contribution in [0.4, 0.5) is 0 Å². The molecule has 0 aliphatic carbocycles. The van der Waals surface area contributed by atoms with E-state index < -0.39 is 0 Å². The maximum Gasteiger partial charge on any atom is 0.107 e. The third kappa shape index (κ3) is 2.30. The van der Waals surface area contributed by atoms with Gasteiger partial charge in [-0.1, -0.05) is 12.1 Å². The van der Waals surface area contributed by atoms with Crippen molar-refractivity contribution in [2.24, 2.45) is 0 Å². The first-order valence-corrected chi connectivity index (χ1v) is 6.81. The number of benzene rings is 1. The molecule has 18 heavy (non-hydrogen) atoms. The Morgan fingerprint density at radius 1 is 1.28 bits per heavy atom. The van der Waals surface area contributed by atoms with E-state index in [1.165, 1.54) is 21.3 Å². The number of aryl methyl sites for hydroxylation is 1. The Hall–Kier alpha value is -1.65. The van der Waals surface area contributed by atoms with Crippen molar-refractivity contribution in [1.29, 1.82) is 0 Å². The molecular formula is C14H15N3S. The van der Waals surface area contributed by atoms with Crippen LogP contribution in [0, 0.1) is 6.92 Å². The van der Waals surface area contributed by atoms with Gasteiger partial charge >= 0.3 is 0 Å². The Labute approximate surface area is 110 Å². The van der Waals surface area contributed by atoms with Crippen molar-refractivity contribution in [2.45, 2.75) is 20.0 Å². The molecule has 3 aromatic rings. The molecule has 2 heterocycles. The first kappa shape index (κ1) is 11.4. The minimum absolute atomic E-state index is 0.833. The van der Waals surface area contributed by atoms with Crippen molar-refractivity contribution in [3.63, 3.8) is 0 Å². The van der Waals surface area contributed by atoms with Gasteiger partial charge in [0.05, 0.1) is 0 Å². The van der Waals surface area contributed by atoms with E-state index in [0.717, 1.165) is 18.1 Å². The Bertz CT molecular complexity index is 654. The molecule has 0 radical (unpaired) electrons. The lowest BCUT2D eigenvalue weighted by atomic mass is 10.1. The molecule has 1 aromatic carbocycles. The quantitative estimate of drug-likeness (QED) is 0.753. The molecule has 0 aliphatic rings. The maximum atomic E-state index is 4.35. The van der Waals surface area contributed by atoms with Crippen LogP contribution in [0.15, 0.2) is 36.7 Å². The van der Waals surface area contributed by atoms with Gasteiger partial charge in [0.2, 0.25) is 0 Å². The number of rotatable bonds is 4. The number of H-pyrrole nitrogens is 1. The van der Waals surface area contributed by atoms with Crippen LogP contribution in [0.1, 0.15) is 15.4 Å². The summed E-state index contributed by atoms with van der Waals surface area (Å²) < 4.78 is 0. The topological polar surface area (TPSA) is 40.7 Å². The van der Waals surface area contributed by atoms with Gasteiger partial charge in [0.25, 0.3) is 0 Å². The van der Waals surface area contributed by atoms with E-state index in [4.69, 9.17) is 0 Å². The van der Waals surface area contributed by atoms with Crippen LogP contribution in [0.5, 0.6) is 0 Å². The van der Waals surface area contributed by atoms with Gasteiger partial charge in [0.1, 0.15) is 5.01 Å². The molecule has 0 bridgehead atoms. The van der Waals surface area contributed by atoms with E-state index in [-0.39, 0.29) is 0 Å². The molecular weight excluding hydrogens is 242 g/mol. The van der Waals surface area contributed by atoms with E-state index in [2.05, 4.69) is 46.5 Å². The number of nitrogens with zero attached hydrogens (tertiary/aromatic N) is 1. The molecule has 0 atom stereocenters. The van der Waals surface area contributed by atoms with E-state index in [0.29, 0.717) is 0 Å². The molecule has 0 saturated heterocycles. The molecule has 2 aromatic heterocycles. The van der Waals surface area contributed by atoms with Gasteiger partial charge < -0.3 is 10.3 Å². The number of fused-ring (bicyclic) bond motifs is 1. The van der Waals surface area contributed by atoms with Crippen molar-refractivity contribution < 1.29 is 0 Å². The fourth-order valence-corrected chi connectivity index (χ4v) is 2.85. The van der Waals surface area contributed by atoms with Crippen LogP contribution >= 0.6 is 11.3 Å². The second kappa shape index (κ2) is 4.92. The Kier molecular flexibility index (Phi) is 3.13. The Morgan fingerprint density at radius 2 is 2.22 bits per heavy atom. The van der Waals surface area contributed by atoms with Gasteiger partial charge in [0.15, 0.2) is 0 Å². The lowest BCUT2D eigenvalue weighted by molar-refractivity contribution is 0.693. The van der Waals surface area contributed by atoms with E-state index in [1.807, 2.05) is 12.4 Å². The lowest BCUT2D eigenvalue weighted by Crippen LogP contribution is -2.12. The summed E-state index contributed by atoms with van der Waals surface area (Å²) in [4.78, 5) is 8.85. The van der Waals surface area contributed by atoms with Gasteiger partial charge in [0, 0.05) is 41.3 Å². The minimum atomic E-state index is 0.833. The summed E-state index contributed by atoms with van der Waals surface area (Å²) in [6.07, 6.45) is 3.91. The van der Waals surface area contributed by atoms with Crippen molar-refractivity contribution in [1.82, 2.24) is 15.3 Å². The van der Waals surface area contributed by atoms with Crippen LogP contribution < -0.4 is 5.32 Å². The summed E-state index contributed by atoms with van der Waals surface area (Å²) in [6, 6.07) is 8.47. The van der Waals surface area contributed by atoms with Crippen LogP contribution in [0.25, 0.3) is 10.9 Å². The zero-order valence-corrected chi connectivity index (χ0v) is 11.1. The second-order valence-corrected chi connectivity index (χ2v) is 5.64. The summed E-state index contributed by atoms with van der Waals surface area (Å²) in [5.74, 6) is 0. The molecule has 0 saturated carbocycles. The van der Waals surface area contributed by atoms with Gasteiger partial charge in [-0.25, -0.2) is 4.98 Å². The molecule has 0 fully saturated rings. The van der Waals surface area contributed by atoms with Gasteiger partial charge in [-0.05, 0) is 24.6 Å². The molecule has 92 valence electrons. The Balaban J connectivity index is 1.68. The smallest absolute Gasteiger partial charge is 0.107 e. The summed E-state index contributed by atoms with van der Waals surface area (Å²) >= 11 is 1.75. The fraction of sp³-hybridized carbons (Fsp3) is 0.214. The zero-order chi connectivity index (χ0) is 12.4. The largest absolute Gasteiger partial charge is 0.361 e. The lowest BCUT2D eigenvalue weighted by Gasteiger charge is -2.04. The van der Waals surface area contributed by atoms with E-state index in [9.17, 15) is 0 Å². The van der Waals surface area contributed by atoms with Gasteiger partial charge in [-0.3, -0.25) is 0 Å². The Morgan fingerprint density at radius 3 is 3.06 bits per heavy atom. The SMILES string of the molecule is Cc1cnc(CNCc2cccc3[nH]ccc23)s1. The molecule has 2 N–H and O–H groups in total. The highest BCUT2D eigenvalue weighted by molar-refractivity contribution is 7.11. The molecule has 3 nitrogen and oxygen atoms in total. The number of hydrogen-bond acceptors (Lipinski definition) is 3. The average Bonchev–Trinajstić information content (AvgIpc) is 2.98. The highest BCUT2D eigenvalue weighted by Crippen LogP contribution is 2.17. The van der Waals surface area contributed by atoms with E-state index >= 15 is 0 Å². The van der Waals surface area contributed by atoms with Crippen LogP contribution in [-0.4, -0.2) is 9.97 Å². The van der Waals surface area contributed by atoms with Crippen LogP contribution in [0.3, 0.4) is 0 Å². The monoisotopic (exact) mass is 257 g/mol. The number of aromatic amines is 1. The van der Waals surface area contributed by atoms with Crippen molar-refractivity contribution >= 4 is 22.2 Å².